The van der Waals surface area contributed by atoms with Gasteiger partial charge in [0, 0.05) is 24.5 Å². The van der Waals surface area contributed by atoms with Crippen molar-refractivity contribution in [1.82, 2.24) is 10.2 Å². The summed E-state index contributed by atoms with van der Waals surface area (Å²) in [4.78, 5) is 13.9. The summed E-state index contributed by atoms with van der Waals surface area (Å²) in [5.41, 5.74) is 5.40. The Hall–Kier alpha value is -0.610. The summed E-state index contributed by atoms with van der Waals surface area (Å²) >= 11 is 0. The summed E-state index contributed by atoms with van der Waals surface area (Å²) < 4.78 is 0. The van der Waals surface area contributed by atoms with E-state index in [4.69, 9.17) is 5.73 Å². The quantitative estimate of drug-likeness (QED) is 0.706. The third-order valence-corrected chi connectivity index (χ3v) is 2.32. The van der Waals surface area contributed by atoms with Crippen molar-refractivity contribution in [3.8, 4) is 0 Å². The summed E-state index contributed by atoms with van der Waals surface area (Å²) in [6, 6.07) is 0.208. The third kappa shape index (κ3) is 10.3. The molecule has 0 saturated carbocycles. The number of likely N-dealkylation sites (N-methyl/N-ethyl adjacent to an activating group) is 1. The van der Waals surface area contributed by atoms with Crippen molar-refractivity contribution in [3.05, 3.63) is 0 Å². The van der Waals surface area contributed by atoms with E-state index in [-0.39, 0.29) is 11.9 Å². The first-order valence-corrected chi connectivity index (χ1v) is 6.33. The number of nitrogens with zero attached hydrogens (tertiary/aromatic N) is 1. The van der Waals surface area contributed by atoms with E-state index in [0.29, 0.717) is 12.3 Å². The Labute approximate surface area is 106 Å². The standard InChI is InChI=1S/C13H29N3O/c1-10(2)7-11(9-16(5)6)15-12(17)8-13(3,4)14/h10-11H,7-9,14H2,1-6H3,(H,15,17). The molecule has 4 nitrogen and oxygen atoms in total. The largest absolute Gasteiger partial charge is 0.352 e. The third-order valence-electron chi connectivity index (χ3n) is 2.32. The maximum atomic E-state index is 11.8. The van der Waals surface area contributed by atoms with Crippen LogP contribution in [0.1, 0.15) is 40.5 Å². The highest BCUT2D eigenvalue weighted by molar-refractivity contribution is 5.77. The van der Waals surface area contributed by atoms with Gasteiger partial charge >= 0.3 is 0 Å². The number of nitrogens with two attached hydrogens (primary N) is 1. The van der Waals surface area contributed by atoms with E-state index in [2.05, 4.69) is 24.1 Å². The fourth-order valence-electron chi connectivity index (χ4n) is 1.88. The van der Waals surface area contributed by atoms with Crippen molar-refractivity contribution in [3.63, 3.8) is 0 Å². The molecule has 3 N–H and O–H groups in total. The predicted molar refractivity (Wildman–Crippen MR) is 72.8 cm³/mol. The van der Waals surface area contributed by atoms with Crippen LogP contribution >= 0.6 is 0 Å². The molecule has 0 saturated heterocycles. The summed E-state index contributed by atoms with van der Waals surface area (Å²) in [7, 11) is 4.04. The molecule has 0 fully saturated rings. The van der Waals surface area contributed by atoms with Gasteiger partial charge in [0.2, 0.25) is 5.91 Å². The molecular weight excluding hydrogens is 214 g/mol. The topological polar surface area (TPSA) is 58.4 Å². The van der Waals surface area contributed by atoms with Gasteiger partial charge in [-0.2, -0.15) is 0 Å². The predicted octanol–water partition coefficient (Wildman–Crippen LogP) is 1.21. The molecule has 0 bridgehead atoms. The van der Waals surface area contributed by atoms with Crippen LogP contribution in [0.25, 0.3) is 0 Å². The molecule has 17 heavy (non-hydrogen) atoms. The lowest BCUT2D eigenvalue weighted by Crippen LogP contribution is -2.46. The molecule has 4 heteroatoms. The Bertz CT molecular complexity index is 221. The number of carbonyl (C=O) groups excluding carboxylic acids is 1. The fraction of sp³-hybridized carbons (Fsp3) is 0.923. The minimum absolute atomic E-state index is 0.0463. The maximum Gasteiger partial charge on any atom is 0.222 e. The zero-order valence-corrected chi connectivity index (χ0v) is 12.2. The van der Waals surface area contributed by atoms with Crippen LogP contribution < -0.4 is 11.1 Å². The van der Waals surface area contributed by atoms with Crippen molar-refractivity contribution in [2.75, 3.05) is 20.6 Å². The van der Waals surface area contributed by atoms with Gasteiger partial charge in [0.1, 0.15) is 0 Å². The molecule has 0 aliphatic carbocycles. The zero-order chi connectivity index (χ0) is 13.6. The second-order valence-corrected chi connectivity index (χ2v) is 6.32. The van der Waals surface area contributed by atoms with Crippen LogP contribution in [0.2, 0.25) is 0 Å². The van der Waals surface area contributed by atoms with Crippen molar-refractivity contribution in [2.24, 2.45) is 11.7 Å². The van der Waals surface area contributed by atoms with Crippen LogP contribution in [0.3, 0.4) is 0 Å². The fourth-order valence-corrected chi connectivity index (χ4v) is 1.88. The first kappa shape index (κ1) is 16.4. The van der Waals surface area contributed by atoms with Gasteiger partial charge in [-0.25, -0.2) is 0 Å². The molecule has 0 aromatic heterocycles. The normalized spacial score (nSPS) is 14.2. The summed E-state index contributed by atoms with van der Waals surface area (Å²) in [5.74, 6) is 0.621. The molecule has 0 heterocycles. The molecule has 1 unspecified atom stereocenters. The molecule has 0 aromatic carbocycles. The molecule has 102 valence electrons. The summed E-state index contributed by atoms with van der Waals surface area (Å²) in [6.07, 6.45) is 1.37. The van der Waals surface area contributed by atoms with E-state index in [1.54, 1.807) is 0 Å². The summed E-state index contributed by atoms with van der Waals surface area (Å²) in [6.45, 7) is 8.95. The molecule has 0 aliphatic rings. The number of hydrogen-bond donors (Lipinski definition) is 2. The van der Waals surface area contributed by atoms with Crippen LogP contribution in [-0.4, -0.2) is 43.0 Å². The van der Waals surface area contributed by atoms with Gasteiger partial charge in [-0.05, 0) is 40.3 Å². The highest BCUT2D eigenvalue weighted by atomic mass is 16.1. The number of nitrogens with one attached hydrogen (secondary N) is 1. The second-order valence-electron chi connectivity index (χ2n) is 6.32. The van der Waals surface area contributed by atoms with E-state index in [1.165, 1.54) is 0 Å². The molecule has 0 aromatic rings. The highest BCUT2D eigenvalue weighted by Crippen LogP contribution is 2.08. The lowest BCUT2D eigenvalue weighted by atomic mass is 10.00. The Kier molecular flexibility index (Phi) is 6.72. The van der Waals surface area contributed by atoms with Crippen molar-refractivity contribution in [2.45, 2.75) is 52.1 Å². The van der Waals surface area contributed by atoms with Gasteiger partial charge in [-0.15, -0.1) is 0 Å². The van der Waals surface area contributed by atoms with Gasteiger partial charge in [0.15, 0.2) is 0 Å². The molecule has 0 aliphatic heterocycles. The second kappa shape index (κ2) is 6.97. The molecular formula is C13H29N3O. The molecule has 1 amide bonds. The van der Waals surface area contributed by atoms with Gasteiger partial charge in [0.25, 0.3) is 0 Å². The van der Waals surface area contributed by atoms with Crippen LogP contribution in [0.15, 0.2) is 0 Å². The van der Waals surface area contributed by atoms with Crippen LogP contribution in [0, 0.1) is 5.92 Å². The Morgan fingerprint density at radius 2 is 1.88 bits per heavy atom. The SMILES string of the molecule is CC(C)CC(CN(C)C)NC(=O)CC(C)(C)N. The molecule has 0 radical (unpaired) electrons. The van der Waals surface area contributed by atoms with E-state index in [1.807, 2.05) is 27.9 Å². The Morgan fingerprint density at radius 3 is 2.24 bits per heavy atom. The van der Waals surface area contributed by atoms with E-state index in [0.717, 1.165) is 13.0 Å². The Morgan fingerprint density at radius 1 is 1.35 bits per heavy atom. The lowest BCUT2D eigenvalue weighted by molar-refractivity contribution is -0.122. The van der Waals surface area contributed by atoms with E-state index < -0.39 is 5.54 Å². The number of rotatable bonds is 7. The van der Waals surface area contributed by atoms with Crippen molar-refractivity contribution >= 4 is 5.91 Å². The molecule has 1 atom stereocenters. The van der Waals surface area contributed by atoms with E-state index in [9.17, 15) is 4.79 Å². The smallest absolute Gasteiger partial charge is 0.222 e. The van der Waals surface area contributed by atoms with Crippen LogP contribution in [0.4, 0.5) is 0 Å². The first-order valence-electron chi connectivity index (χ1n) is 6.33. The zero-order valence-electron chi connectivity index (χ0n) is 12.2. The monoisotopic (exact) mass is 243 g/mol. The average molecular weight is 243 g/mol. The number of amides is 1. The molecule has 0 spiro atoms. The Balaban J connectivity index is 4.27. The summed E-state index contributed by atoms with van der Waals surface area (Å²) in [5, 5.41) is 3.08. The lowest BCUT2D eigenvalue weighted by Gasteiger charge is -2.26. The van der Waals surface area contributed by atoms with E-state index >= 15 is 0 Å². The van der Waals surface area contributed by atoms with Gasteiger partial charge in [0.05, 0.1) is 0 Å². The number of carbonyl (C=O) groups is 1. The van der Waals surface area contributed by atoms with Crippen LogP contribution in [-0.2, 0) is 4.79 Å². The average Bonchev–Trinajstić information content (AvgIpc) is 1.95. The van der Waals surface area contributed by atoms with Gasteiger partial charge in [-0.1, -0.05) is 13.8 Å². The van der Waals surface area contributed by atoms with Gasteiger partial charge in [-0.3, -0.25) is 4.79 Å². The van der Waals surface area contributed by atoms with Crippen LogP contribution in [0.5, 0.6) is 0 Å². The number of hydrogen-bond acceptors (Lipinski definition) is 3. The first-order chi connectivity index (χ1) is 7.60. The van der Waals surface area contributed by atoms with Gasteiger partial charge < -0.3 is 16.0 Å². The highest BCUT2D eigenvalue weighted by Gasteiger charge is 2.20. The minimum Gasteiger partial charge on any atom is -0.352 e. The maximum absolute atomic E-state index is 11.8. The van der Waals surface area contributed by atoms with Crippen molar-refractivity contribution in [1.29, 1.82) is 0 Å². The minimum atomic E-state index is -0.440. The van der Waals surface area contributed by atoms with Crippen molar-refractivity contribution < 1.29 is 4.79 Å². The molecule has 0 rings (SSSR count).